The van der Waals surface area contributed by atoms with Gasteiger partial charge in [-0.2, -0.15) is 13.2 Å². The number of halogens is 3. The van der Waals surface area contributed by atoms with Crippen molar-refractivity contribution >= 4 is 5.82 Å². The number of benzene rings is 1. The molecule has 2 N–H and O–H groups in total. The van der Waals surface area contributed by atoms with Gasteiger partial charge in [-0.1, -0.05) is 30.3 Å². The first-order valence-corrected chi connectivity index (χ1v) is 6.44. The maximum absolute atomic E-state index is 12.7. The van der Waals surface area contributed by atoms with Crippen LogP contribution < -0.4 is 10.6 Å². The molecule has 0 aliphatic rings. The molecule has 2 aromatic rings. The average Bonchev–Trinajstić information content (AvgIpc) is 2.47. The third kappa shape index (κ3) is 3.72. The number of pyridine rings is 1. The minimum Gasteiger partial charge on any atom is -0.355 e. The van der Waals surface area contributed by atoms with Gasteiger partial charge < -0.3 is 10.6 Å². The molecule has 1 aromatic heterocycles. The van der Waals surface area contributed by atoms with E-state index in [1.165, 1.54) is 6.07 Å². The van der Waals surface area contributed by atoms with E-state index in [2.05, 4.69) is 4.98 Å². The zero-order valence-corrected chi connectivity index (χ0v) is 11.6. The minimum atomic E-state index is -4.44. The van der Waals surface area contributed by atoms with Gasteiger partial charge in [-0.25, -0.2) is 4.98 Å². The molecule has 0 radical (unpaired) electrons. The molecule has 0 aliphatic carbocycles. The molecule has 0 aliphatic heterocycles. The number of hydrogen-bond acceptors (Lipinski definition) is 3. The Balaban J connectivity index is 2.22. The van der Waals surface area contributed by atoms with E-state index in [9.17, 15) is 13.2 Å². The lowest BCUT2D eigenvalue weighted by molar-refractivity contribution is -0.141. The molecule has 21 heavy (non-hydrogen) atoms. The largest absolute Gasteiger partial charge is 0.433 e. The highest BCUT2D eigenvalue weighted by molar-refractivity contribution is 5.41. The van der Waals surface area contributed by atoms with Crippen LogP contribution in [0, 0.1) is 0 Å². The summed E-state index contributed by atoms with van der Waals surface area (Å²) in [6, 6.07) is 11.5. The Bertz CT molecular complexity index is 611. The molecule has 0 atom stereocenters. The molecule has 1 aromatic carbocycles. The molecule has 0 saturated carbocycles. The van der Waals surface area contributed by atoms with Crippen molar-refractivity contribution in [3.8, 4) is 0 Å². The maximum Gasteiger partial charge on any atom is 0.433 e. The molecule has 0 unspecified atom stereocenters. The second-order valence-electron chi connectivity index (χ2n) is 4.71. The molecule has 3 nitrogen and oxygen atoms in total. The van der Waals surface area contributed by atoms with Crippen molar-refractivity contribution in [3.05, 3.63) is 59.3 Å². The van der Waals surface area contributed by atoms with Gasteiger partial charge in [0.05, 0.1) is 0 Å². The lowest BCUT2D eigenvalue weighted by Gasteiger charge is -2.20. The Morgan fingerprint density at radius 3 is 2.33 bits per heavy atom. The van der Waals surface area contributed by atoms with E-state index < -0.39 is 11.9 Å². The van der Waals surface area contributed by atoms with Crippen LogP contribution in [0.15, 0.2) is 42.5 Å². The second-order valence-corrected chi connectivity index (χ2v) is 4.71. The molecule has 2 rings (SSSR count). The summed E-state index contributed by atoms with van der Waals surface area (Å²) >= 11 is 0. The summed E-state index contributed by atoms with van der Waals surface area (Å²) in [4.78, 5) is 5.34. The van der Waals surface area contributed by atoms with Crippen molar-refractivity contribution in [2.24, 2.45) is 5.73 Å². The molecular weight excluding hydrogens is 279 g/mol. The van der Waals surface area contributed by atoms with Crippen LogP contribution in [-0.4, -0.2) is 12.0 Å². The highest BCUT2D eigenvalue weighted by Gasteiger charge is 2.32. The lowest BCUT2D eigenvalue weighted by atomic mass is 10.1. The number of anilines is 1. The van der Waals surface area contributed by atoms with Crippen LogP contribution in [0.1, 0.15) is 16.8 Å². The highest BCUT2D eigenvalue weighted by Crippen LogP contribution is 2.29. The normalized spacial score (nSPS) is 11.5. The number of aromatic nitrogens is 1. The first kappa shape index (κ1) is 15.3. The zero-order chi connectivity index (χ0) is 15.5. The van der Waals surface area contributed by atoms with E-state index in [4.69, 9.17) is 5.73 Å². The third-order valence-electron chi connectivity index (χ3n) is 3.16. The molecule has 0 bridgehead atoms. The van der Waals surface area contributed by atoms with Gasteiger partial charge in [0.2, 0.25) is 0 Å². The number of nitrogens with two attached hydrogens (primary N) is 1. The van der Waals surface area contributed by atoms with Crippen molar-refractivity contribution in [2.45, 2.75) is 19.3 Å². The fourth-order valence-electron chi connectivity index (χ4n) is 2.04. The van der Waals surface area contributed by atoms with Crippen molar-refractivity contribution in [2.75, 3.05) is 11.9 Å². The molecule has 0 amide bonds. The van der Waals surface area contributed by atoms with E-state index in [1.807, 2.05) is 24.3 Å². The summed E-state index contributed by atoms with van der Waals surface area (Å²) < 4.78 is 38.0. The summed E-state index contributed by atoms with van der Waals surface area (Å²) in [6.07, 6.45) is -4.44. The molecular formula is C15H16F3N3. The Hall–Kier alpha value is -2.08. The van der Waals surface area contributed by atoms with Crippen molar-refractivity contribution in [1.29, 1.82) is 0 Å². The number of alkyl halides is 3. The van der Waals surface area contributed by atoms with Gasteiger partial charge in [0.1, 0.15) is 11.5 Å². The van der Waals surface area contributed by atoms with Crippen molar-refractivity contribution in [3.63, 3.8) is 0 Å². The molecule has 0 spiro atoms. The first-order valence-electron chi connectivity index (χ1n) is 6.44. The van der Waals surface area contributed by atoms with Gasteiger partial charge in [-0.15, -0.1) is 0 Å². The fraction of sp³-hybridized carbons (Fsp3) is 0.267. The summed E-state index contributed by atoms with van der Waals surface area (Å²) in [5.41, 5.74) is 6.72. The predicted octanol–water partition coefficient (Wildman–Crippen LogP) is 3.20. The summed E-state index contributed by atoms with van der Waals surface area (Å²) in [5.74, 6) is 0.275. The Morgan fingerprint density at radius 1 is 1.05 bits per heavy atom. The van der Waals surface area contributed by atoms with Gasteiger partial charge >= 0.3 is 6.18 Å². The summed E-state index contributed by atoms with van der Waals surface area (Å²) in [6.45, 7) is 0.835. The Kier molecular flexibility index (Phi) is 4.47. The Labute approximate surface area is 121 Å². The average molecular weight is 295 g/mol. The summed E-state index contributed by atoms with van der Waals surface area (Å²) in [7, 11) is 1.70. The van der Waals surface area contributed by atoms with Crippen LogP contribution in [0.25, 0.3) is 0 Å². The molecule has 112 valence electrons. The standard InChI is InChI=1S/C15H16F3N3/c1-21(10-12-6-3-2-5-11(12)9-19)14-8-4-7-13(20-14)15(16,17)18/h2-8H,9-10,19H2,1H3. The van der Waals surface area contributed by atoms with Crippen molar-refractivity contribution < 1.29 is 13.2 Å². The van der Waals surface area contributed by atoms with E-state index in [1.54, 1.807) is 18.0 Å². The SMILES string of the molecule is CN(Cc1ccccc1CN)c1cccc(C(F)(F)F)n1. The van der Waals surface area contributed by atoms with Gasteiger partial charge in [-0.3, -0.25) is 0 Å². The smallest absolute Gasteiger partial charge is 0.355 e. The van der Waals surface area contributed by atoms with Crippen LogP contribution in [0.3, 0.4) is 0 Å². The van der Waals surface area contributed by atoms with Gasteiger partial charge in [-0.05, 0) is 23.3 Å². The predicted molar refractivity (Wildman–Crippen MR) is 75.7 cm³/mol. The molecule has 0 saturated heterocycles. The minimum absolute atomic E-state index is 0.275. The zero-order valence-electron chi connectivity index (χ0n) is 11.6. The maximum atomic E-state index is 12.7. The highest BCUT2D eigenvalue weighted by atomic mass is 19.4. The Morgan fingerprint density at radius 2 is 1.71 bits per heavy atom. The first-order chi connectivity index (χ1) is 9.91. The fourth-order valence-corrected chi connectivity index (χ4v) is 2.04. The summed E-state index contributed by atoms with van der Waals surface area (Å²) in [5, 5.41) is 0. The van der Waals surface area contributed by atoms with Crippen LogP contribution in [-0.2, 0) is 19.3 Å². The van der Waals surface area contributed by atoms with Crippen LogP contribution in [0.5, 0.6) is 0 Å². The monoisotopic (exact) mass is 295 g/mol. The van der Waals surface area contributed by atoms with Crippen LogP contribution >= 0.6 is 0 Å². The van der Waals surface area contributed by atoms with E-state index in [0.29, 0.717) is 13.1 Å². The van der Waals surface area contributed by atoms with Crippen LogP contribution in [0.2, 0.25) is 0 Å². The number of nitrogens with zero attached hydrogens (tertiary/aromatic N) is 2. The number of rotatable bonds is 4. The molecule has 6 heteroatoms. The van der Waals surface area contributed by atoms with Crippen LogP contribution in [0.4, 0.5) is 19.0 Å². The van der Waals surface area contributed by atoms with Gasteiger partial charge in [0, 0.05) is 20.1 Å². The molecule has 0 fully saturated rings. The molecule has 1 heterocycles. The van der Waals surface area contributed by atoms with Gasteiger partial charge in [0.15, 0.2) is 0 Å². The second kappa shape index (κ2) is 6.13. The van der Waals surface area contributed by atoms with Gasteiger partial charge in [0.25, 0.3) is 0 Å². The van der Waals surface area contributed by atoms with E-state index >= 15 is 0 Å². The third-order valence-corrected chi connectivity index (χ3v) is 3.16. The topological polar surface area (TPSA) is 42.1 Å². The quantitative estimate of drug-likeness (QED) is 0.942. The van der Waals surface area contributed by atoms with E-state index in [-0.39, 0.29) is 5.82 Å². The van der Waals surface area contributed by atoms with E-state index in [0.717, 1.165) is 17.2 Å². The van der Waals surface area contributed by atoms with Crippen molar-refractivity contribution in [1.82, 2.24) is 4.98 Å². The number of hydrogen-bond donors (Lipinski definition) is 1. The lowest BCUT2D eigenvalue weighted by Crippen LogP contribution is -2.20.